The van der Waals surface area contributed by atoms with Crippen LogP contribution in [0.4, 0.5) is 0 Å². The van der Waals surface area contributed by atoms with Crippen LogP contribution in [0.15, 0.2) is 60.7 Å². The van der Waals surface area contributed by atoms with Crippen LogP contribution in [0, 0.1) is 0 Å². The molecule has 2 aromatic heterocycles. The normalized spacial score (nSPS) is 22.6. The van der Waals surface area contributed by atoms with Crippen LogP contribution in [-0.2, 0) is 17.9 Å². The summed E-state index contributed by atoms with van der Waals surface area (Å²) >= 11 is 0. The predicted octanol–water partition coefficient (Wildman–Crippen LogP) is 0.862. The minimum Gasteiger partial charge on any atom is -0.508 e. The Bertz CT molecular complexity index is 2310. The number of ether oxygens (including phenoxy) is 1. The molecule has 0 bridgehead atoms. The third kappa shape index (κ3) is 4.63. The summed E-state index contributed by atoms with van der Waals surface area (Å²) < 4.78 is 6.84. The van der Waals surface area contributed by atoms with Crippen LogP contribution in [0.5, 0.6) is 11.5 Å². The van der Waals surface area contributed by atoms with Gasteiger partial charge >= 0.3 is 0 Å². The van der Waals surface area contributed by atoms with Crippen molar-refractivity contribution in [3.63, 3.8) is 0 Å². The van der Waals surface area contributed by atoms with Gasteiger partial charge in [0.25, 0.3) is 18.1 Å². The van der Waals surface area contributed by atoms with Crippen molar-refractivity contribution in [2.24, 2.45) is 0 Å². The number of amides is 2. The maximum atomic E-state index is 14.3. The summed E-state index contributed by atoms with van der Waals surface area (Å²) in [5.74, 6) is -1.55. The van der Waals surface area contributed by atoms with E-state index in [1.165, 1.54) is 35.1 Å². The number of imide groups is 1. The zero-order valence-electron chi connectivity index (χ0n) is 25.4. The van der Waals surface area contributed by atoms with Crippen molar-refractivity contribution in [2.75, 3.05) is 6.61 Å². The van der Waals surface area contributed by atoms with Gasteiger partial charge in [-0.05, 0) is 35.4 Å². The number of fused-ring (bicyclic) bond motifs is 10. The van der Waals surface area contributed by atoms with Crippen LogP contribution in [0.3, 0.4) is 0 Å². The van der Waals surface area contributed by atoms with E-state index in [2.05, 4.69) is 10.4 Å². The molecule has 0 unspecified atom stereocenters. The number of aliphatic hydroxyl groups excluding tert-OH is 5. The molecule has 15 heteroatoms. The molecule has 8 rings (SSSR count). The van der Waals surface area contributed by atoms with Crippen LogP contribution in [-0.4, -0.2) is 99.6 Å². The molecule has 6 aromatic rings. The Hall–Kier alpha value is -5.26. The first-order valence-electron chi connectivity index (χ1n) is 15.4. The SMILES string of the molecule is O=C1c2c(c3c4ccc(O)cc4n(O[C@@H]4O[C@H](CO)[C@@H](O)[C@H](O)[C@H]4O)c3c3[nH]c4cc(O)ccc4c23)C(=O)N1NCc1ccc(CO)cc1. The topological polar surface area (TPSA) is 230 Å². The van der Waals surface area contributed by atoms with Crippen molar-refractivity contribution >= 4 is 55.4 Å². The quantitative estimate of drug-likeness (QED) is 0.108. The Morgan fingerprint density at radius 3 is 2.14 bits per heavy atom. The fraction of sp³-hybridized carbons (Fsp3) is 0.235. The number of hydrogen-bond donors (Lipinski definition) is 9. The first kappa shape index (κ1) is 31.0. The number of aromatic amines is 1. The summed E-state index contributed by atoms with van der Waals surface area (Å²) in [6.07, 6.45) is -8.13. The highest BCUT2D eigenvalue weighted by Crippen LogP contribution is 2.45. The van der Waals surface area contributed by atoms with Gasteiger partial charge in [0.15, 0.2) is 0 Å². The zero-order chi connectivity index (χ0) is 34.3. The van der Waals surface area contributed by atoms with Gasteiger partial charge in [-0.3, -0.25) is 9.59 Å². The summed E-state index contributed by atoms with van der Waals surface area (Å²) in [6.45, 7) is -0.736. The number of aliphatic hydroxyl groups is 5. The van der Waals surface area contributed by atoms with E-state index in [4.69, 9.17) is 9.57 Å². The lowest BCUT2D eigenvalue weighted by Crippen LogP contribution is -2.61. The van der Waals surface area contributed by atoms with Gasteiger partial charge in [0.05, 0.1) is 40.9 Å². The number of aromatic hydroxyl groups is 2. The molecule has 2 aliphatic heterocycles. The van der Waals surface area contributed by atoms with Gasteiger partial charge in [-0.15, -0.1) is 0 Å². The van der Waals surface area contributed by atoms with Gasteiger partial charge in [0, 0.05) is 40.2 Å². The molecule has 0 saturated carbocycles. The van der Waals surface area contributed by atoms with Crippen molar-refractivity contribution in [3.05, 3.63) is 82.9 Å². The van der Waals surface area contributed by atoms with Gasteiger partial charge in [-0.1, -0.05) is 24.3 Å². The van der Waals surface area contributed by atoms with Crippen LogP contribution in [0.25, 0.3) is 43.6 Å². The fourth-order valence-electron chi connectivity index (χ4n) is 6.79. The Balaban J connectivity index is 1.37. The van der Waals surface area contributed by atoms with Crippen LogP contribution >= 0.6 is 0 Å². The van der Waals surface area contributed by atoms with Crippen LogP contribution in [0.2, 0.25) is 0 Å². The van der Waals surface area contributed by atoms with E-state index in [1.807, 2.05) is 0 Å². The molecule has 1 saturated heterocycles. The molecule has 4 heterocycles. The average molecular weight is 671 g/mol. The van der Waals surface area contributed by atoms with Crippen molar-refractivity contribution in [1.29, 1.82) is 0 Å². The third-order valence-electron chi connectivity index (χ3n) is 9.22. The second kappa shape index (κ2) is 11.4. The number of hydrogen-bond acceptors (Lipinski definition) is 12. The monoisotopic (exact) mass is 670 g/mol. The maximum Gasteiger partial charge on any atom is 0.276 e. The molecule has 0 radical (unpaired) electrons. The first-order chi connectivity index (χ1) is 23.6. The van der Waals surface area contributed by atoms with E-state index in [-0.39, 0.29) is 52.2 Å². The molecule has 9 N–H and O–H groups in total. The highest BCUT2D eigenvalue weighted by atomic mass is 16.8. The van der Waals surface area contributed by atoms with E-state index in [9.17, 15) is 45.3 Å². The molecule has 2 amide bonds. The minimum absolute atomic E-state index is 0.0245. The Morgan fingerprint density at radius 2 is 1.45 bits per heavy atom. The number of H-pyrrole nitrogens is 1. The number of hydrazine groups is 1. The fourth-order valence-corrected chi connectivity index (χ4v) is 6.79. The first-order valence-corrected chi connectivity index (χ1v) is 15.4. The highest BCUT2D eigenvalue weighted by molar-refractivity contribution is 6.39. The van der Waals surface area contributed by atoms with Gasteiger partial charge in [-0.2, -0.15) is 4.73 Å². The number of carbonyl (C=O) groups excluding carboxylic acids is 2. The Labute approximate surface area is 275 Å². The number of nitrogens with zero attached hydrogens (tertiary/aromatic N) is 2. The van der Waals surface area contributed by atoms with Crippen LogP contribution < -0.4 is 10.3 Å². The standard InChI is InChI=1S/C34H30N4O11/c39-12-15-3-1-14(2-4-15)11-35-37-32(46)25-23-18-7-5-16(41)9-20(18)36-27(23)28-24(26(25)33(37)47)19-8-6-17(42)10-21(19)38(28)49-34-31(45)30(44)29(43)22(13-40)48-34/h1-10,22,29-31,34-36,39-45H,11-13H2/t22-,29-,30+,31-,34+/m1/s1. The number of aromatic nitrogens is 2. The largest absolute Gasteiger partial charge is 0.508 e. The minimum atomic E-state index is -1.79. The molecular weight excluding hydrogens is 640 g/mol. The average Bonchev–Trinajstić information content (AvgIpc) is 3.70. The van der Waals surface area contributed by atoms with E-state index in [0.29, 0.717) is 32.8 Å². The predicted molar refractivity (Wildman–Crippen MR) is 172 cm³/mol. The van der Waals surface area contributed by atoms with E-state index >= 15 is 0 Å². The van der Waals surface area contributed by atoms with Gasteiger partial charge in [0.1, 0.15) is 41.4 Å². The van der Waals surface area contributed by atoms with E-state index < -0.39 is 49.1 Å². The third-order valence-corrected chi connectivity index (χ3v) is 9.22. The van der Waals surface area contributed by atoms with Crippen molar-refractivity contribution in [2.45, 2.75) is 43.9 Å². The molecule has 49 heavy (non-hydrogen) atoms. The number of rotatable bonds is 7. The van der Waals surface area contributed by atoms with Crippen molar-refractivity contribution in [1.82, 2.24) is 20.1 Å². The van der Waals surface area contributed by atoms with E-state index in [0.717, 1.165) is 10.6 Å². The molecule has 2 aliphatic rings. The van der Waals surface area contributed by atoms with Gasteiger partial charge < -0.3 is 50.3 Å². The maximum absolute atomic E-state index is 14.3. The van der Waals surface area contributed by atoms with Crippen molar-refractivity contribution in [3.8, 4) is 11.5 Å². The van der Waals surface area contributed by atoms with E-state index in [1.54, 1.807) is 30.3 Å². The Kier molecular flexibility index (Phi) is 7.23. The van der Waals surface area contributed by atoms with Crippen LogP contribution in [0.1, 0.15) is 31.8 Å². The molecule has 0 spiro atoms. The highest BCUT2D eigenvalue weighted by Gasteiger charge is 2.46. The Morgan fingerprint density at radius 1 is 0.796 bits per heavy atom. The van der Waals surface area contributed by atoms with Gasteiger partial charge in [0.2, 0.25) is 0 Å². The van der Waals surface area contributed by atoms with Crippen molar-refractivity contribution < 1.29 is 54.9 Å². The molecular formula is C34H30N4O11. The zero-order valence-corrected chi connectivity index (χ0v) is 25.4. The summed E-state index contributed by atoms with van der Waals surface area (Å²) in [5, 5.41) is 74.1. The summed E-state index contributed by atoms with van der Waals surface area (Å²) in [7, 11) is 0. The summed E-state index contributed by atoms with van der Waals surface area (Å²) in [6, 6.07) is 15.8. The molecule has 1 fully saturated rings. The smallest absolute Gasteiger partial charge is 0.276 e. The molecule has 4 aromatic carbocycles. The van der Waals surface area contributed by atoms with Gasteiger partial charge in [-0.25, -0.2) is 10.4 Å². The number of benzene rings is 4. The number of nitrogens with one attached hydrogen (secondary N) is 2. The molecule has 0 aliphatic carbocycles. The lowest BCUT2D eigenvalue weighted by Gasteiger charge is -2.39. The molecule has 252 valence electrons. The summed E-state index contributed by atoms with van der Waals surface area (Å²) in [4.78, 5) is 38.0. The number of phenolic OH excluding ortho intramolecular Hbond substituents is 2. The second-order valence-corrected chi connectivity index (χ2v) is 12.1. The lowest BCUT2D eigenvalue weighted by atomic mass is 9.96. The number of carbonyl (C=O) groups is 2. The molecule has 15 nitrogen and oxygen atoms in total. The summed E-state index contributed by atoms with van der Waals surface area (Å²) in [5.41, 5.74) is 5.60. The molecule has 5 atom stereocenters. The lowest BCUT2D eigenvalue weighted by molar-refractivity contribution is -0.298. The number of phenols is 2. The second-order valence-electron chi connectivity index (χ2n) is 12.1.